The zero-order chi connectivity index (χ0) is 22.4. The van der Waals surface area contributed by atoms with Crippen LogP contribution >= 0.6 is 0 Å². The average Bonchev–Trinajstić information content (AvgIpc) is 3.25. The fourth-order valence-electron chi connectivity index (χ4n) is 3.95. The number of hydrogen-bond acceptors (Lipinski definition) is 4. The maximum Gasteiger partial charge on any atom is 0.346 e. The largest absolute Gasteiger partial charge is 0.452 e. The van der Waals surface area contributed by atoms with Gasteiger partial charge in [0.1, 0.15) is 17.3 Å². The van der Waals surface area contributed by atoms with E-state index in [1.54, 1.807) is 25.1 Å². The Kier molecular flexibility index (Phi) is 4.63. The van der Waals surface area contributed by atoms with E-state index < -0.39 is 11.8 Å². The molecule has 4 aromatic rings. The van der Waals surface area contributed by atoms with Crippen molar-refractivity contribution in [3.8, 4) is 11.5 Å². The van der Waals surface area contributed by atoms with E-state index in [0.29, 0.717) is 16.9 Å². The van der Waals surface area contributed by atoms with Crippen LogP contribution in [0.1, 0.15) is 31.8 Å². The van der Waals surface area contributed by atoms with Crippen molar-refractivity contribution in [3.05, 3.63) is 101 Å². The van der Waals surface area contributed by atoms with Crippen molar-refractivity contribution in [2.45, 2.75) is 6.92 Å². The minimum atomic E-state index is -0.821. The highest BCUT2D eigenvalue weighted by Gasteiger charge is 2.30. The van der Waals surface area contributed by atoms with E-state index in [9.17, 15) is 14.0 Å². The fraction of sp³-hybridized carbons (Fsp3) is 0.0769. The Hall–Kier alpha value is -4.19. The molecule has 3 aromatic carbocycles. The summed E-state index contributed by atoms with van der Waals surface area (Å²) in [4.78, 5) is 25.4. The van der Waals surface area contributed by atoms with Crippen molar-refractivity contribution in [1.82, 2.24) is 4.57 Å². The summed E-state index contributed by atoms with van der Waals surface area (Å²) in [6.45, 7) is 1.74. The van der Waals surface area contributed by atoms with Gasteiger partial charge < -0.3 is 14.0 Å². The number of nitrogens with zero attached hydrogens (tertiary/aromatic N) is 1. The molecule has 0 spiro atoms. The summed E-state index contributed by atoms with van der Waals surface area (Å²) < 4.78 is 27.1. The quantitative estimate of drug-likeness (QED) is 0.247. The molecule has 0 aliphatic carbocycles. The van der Waals surface area contributed by atoms with Gasteiger partial charge in [-0.25, -0.2) is 9.18 Å². The normalized spacial score (nSPS) is 14.0. The second-order valence-electron chi connectivity index (χ2n) is 7.63. The molecule has 0 fully saturated rings. The molecule has 32 heavy (non-hydrogen) atoms. The Labute approximate surface area is 183 Å². The van der Waals surface area contributed by atoms with Crippen LogP contribution in [0.2, 0.25) is 0 Å². The van der Waals surface area contributed by atoms with Crippen LogP contribution in [-0.4, -0.2) is 16.3 Å². The first-order valence-corrected chi connectivity index (χ1v) is 10.0. The lowest BCUT2D eigenvalue weighted by atomic mass is 10.0. The number of ether oxygens (including phenoxy) is 2. The number of hydrogen-bond donors (Lipinski definition) is 0. The second kappa shape index (κ2) is 7.50. The van der Waals surface area contributed by atoms with Crippen LogP contribution in [0.3, 0.4) is 0 Å². The number of Topliss-reactive ketones (excluding diaryl/α,β-unsaturated/α-hetero) is 1. The second-order valence-corrected chi connectivity index (χ2v) is 7.63. The van der Waals surface area contributed by atoms with E-state index in [-0.39, 0.29) is 22.9 Å². The van der Waals surface area contributed by atoms with Gasteiger partial charge in [0.15, 0.2) is 5.76 Å². The van der Waals surface area contributed by atoms with Gasteiger partial charge in [0, 0.05) is 35.8 Å². The molecule has 158 valence electrons. The molecule has 0 saturated heterocycles. The Balaban J connectivity index is 1.47. The Bertz CT molecular complexity index is 1450. The van der Waals surface area contributed by atoms with E-state index in [2.05, 4.69) is 0 Å². The van der Waals surface area contributed by atoms with Gasteiger partial charge in [-0.2, -0.15) is 0 Å². The van der Waals surface area contributed by atoms with Gasteiger partial charge in [0.25, 0.3) is 0 Å². The first kappa shape index (κ1) is 19.8. The van der Waals surface area contributed by atoms with Crippen molar-refractivity contribution in [1.29, 1.82) is 0 Å². The van der Waals surface area contributed by atoms with E-state index in [1.807, 2.05) is 42.1 Å². The van der Waals surface area contributed by atoms with Crippen LogP contribution in [0.4, 0.5) is 4.39 Å². The number of carbonyl (C=O) groups excluding carboxylic acids is 2. The summed E-state index contributed by atoms with van der Waals surface area (Å²) in [5, 5.41) is 1.01. The maximum absolute atomic E-state index is 13.9. The zero-order valence-corrected chi connectivity index (χ0v) is 17.4. The molecule has 0 N–H and O–H groups in total. The number of fused-ring (bicyclic) bond motifs is 2. The van der Waals surface area contributed by atoms with Gasteiger partial charge in [-0.1, -0.05) is 30.3 Å². The van der Waals surface area contributed by atoms with E-state index in [4.69, 9.17) is 9.47 Å². The smallest absolute Gasteiger partial charge is 0.346 e. The molecule has 2 heterocycles. The van der Waals surface area contributed by atoms with Crippen molar-refractivity contribution < 1.29 is 23.5 Å². The first-order valence-electron chi connectivity index (χ1n) is 10.0. The number of aromatic nitrogens is 1. The number of rotatable bonds is 3. The standard InChI is InChI=1S/C26H18FNO4/c1-15-11-17(31-26(30)19-8-3-5-9-20(19)27)13-22-24(15)25(29)23(32-22)12-16-14-28(2)21-10-6-4-7-18(16)21/h3-14H,1-2H3/b23-12-. The van der Waals surface area contributed by atoms with Crippen LogP contribution < -0.4 is 9.47 Å². The maximum atomic E-state index is 13.9. The summed E-state index contributed by atoms with van der Waals surface area (Å²) in [5.74, 6) is -1.05. The number of halogens is 1. The predicted octanol–water partition coefficient (Wildman–Crippen LogP) is 5.46. The molecule has 1 aliphatic heterocycles. The van der Waals surface area contributed by atoms with Crippen LogP contribution in [0, 0.1) is 12.7 Å². The summed E-state index contributed by atoms with van der Waals surface area (Å²) in [7, 11) is 1.94. The van der Waals surface area contributed by atoms with Gasteiger partial charge in [-0.15, -0.1) is 0 Å². The molecule has 6 heteroatoms. The number of para-hydroxylation sites is 1. The predicted molar refractivity (Wildman–Crippen MR) is 118 cm³/mol. The first-order chi connectivity index (χ1) is 15.4. The summed E-state index contributed by atoms with van der Waals surface area (Å²) in [5.41, 5.74) is 2.76. The molecule has 1 aromatic heterocycles. The molecule has 0 amide bonds. The lowest BCUT2D eigenvalue weighted by Gasteiger charge is -2.08. The molecular formula is C26H18FNO4. The fourth-order valence-corrected chi connectivity index (χ4v) is 3.95. The molecule has 0 atom stereocenters. The molecule has 0 bridgehead atoms. The highest BCUT2D eigenvalue weighted by Crippen LogP contribution is 2.38. The van der Waals surface area contributed by atoms with Crippen LogP contribution in [0.5, 0.6) is 11.5 Å². The molecule has 0 saturated carbocycles. The number of allylic oxidation sites excluding steroid dienone is 1. The lowest BCUT2D eigenvalue weighted by molar-refractivity contribution is 0.0729. The lowest BCUT2D eigenvalue weighted by Crippen LogP contribution is -2.10. The van der Waals surface area contributed by atoms with E-state index >= 15 is 0 Å². The van der Waals surface area contributed by atoms with Crippen molar-refractivity contribution in [2.24, 2.45) is 7.05 Å². The third-order valence-corrected chi connectivity index (χ3v) is 5.46. The SMILES string of the molecule is Cc1cc(OC(=O)c2ccccc2F)cc2c1C(=O)/C(=C/c1cn(C)c3ccccc13)O2. The van der Waals surface area contributed by atoms with Crippen LogP contribution in [0.15, 0.2) is 72.6 Å². The van der Waals surface area contributed by atoms with Crippen LogP contribution in [-0.2, 0) is 7.05 Å². The minimum absolute atomic E-state index is 0.167. The molecular weight excluding hydrogens is 409 g/mol. The number of carbonyl (C=O) groups is 2. The summed E-state index contributed by atoms with van der Waals surface area (Å²) in [6, 6.07) is 16.5. The van der Waals surface area contributed by atoms with Crippen LogP contribution in [0.25, 0.3) is 17.0 Å². The number of benzene rings is 3. The van der Waals surface area contributed by atoms with Crippen molar-refractivity contribution in [2.75, 3.05) is 0 Å². The van der Waals surface area contributed by atoms with Crippen molar-refractivity contribution >= 4 is 28.7 Å². The topological polar surface area (TPSA) is 57.5 Å². The van der Waals surface area contributed by atoms with E-state index in [1.165, 1.54) is 24.3 Å². The molecule has 0 radical (unpaired) electrons. The van der Waals surface area contributed by atoms with Gasteiger partial charge in [-0.3, -0.25) is 4.79 Å². The highest BCUT2D eigenvalue weighted by molar-refractivity contribution is 6.16. The molecule has 1 aliphatic rings. The van der Waals surface area contributed by atoms with Gasteiger partial charge in [0.05, 0.1) is 11.1 Å². The summed E-state index contributed by atoms with van der Waals surface area (Å²) in [6.07, 6.45) is 3.65. The minimum Gasteiger partial charge on any atom is -0.452 e. The van der Waals surface area contributed by atoms with Gasteiger partial charge in [-0.05, 0) is 42.8 Å². The number of aryl methyl sites for hydroxylation is 2. The molecule has 5 nitrogen and oxygen atoms in total. The Morgan fingerprint density at radius 3 is 2.66 bits per heavy atom. The highest BCUT2D eigenvalue weighted by atomic mass is 19.1. The monoisotopic (exact) mass is 427 g/mol. The third-order valence-electron chi connectivity index (χ3n) is 5.46. The van der Waals surface area contributed by atoms with Crippen molar-refractivity contribution in [3.63, 3.8) is 0 Å². The van der Waals surface area contributed by atoms with Gasteiger partial charge in [0.2, 0.25) is 5.78 Å². The van der Waals surface area contributed by atoms with Gasteiger partial charge >= 0.3 is 5.97 Å². The zero-order valence-electron chi connectivity index (χ0n) is 17.4. The molecule has 0 unspecified atom stereocenters. The summed E-state index contributed by atoms with van der Waals surface area (Å²) >= 11 is 0. The third kappa shape index (κ3) is 3.26. The number of ketones is 1. The van der Waals surface area contributed by atoms with E-state index in [0.717, 1.165) is 16.5 Å². The number of esters is 1. The Morgan fingerprint density at radius 2 is 1.84 bits per heavy atom. The average molecular weight is 427 g/mol. The molecule has 5 rings (SSSR count). The Morgan fingerprint density at radius 1 is 1.09 bits per heavy atom.